The van der Waals surface area contributed by atoms with Crippen molar-refractivity contribution in [3.05, 3.63) is 72.3 Å². The molecule has 1 N–H and O–H groups in total. The molecule has 0 atom stereocenters. The lowest BCUT2D eigenvalue weighted by molar-refractivity contribution is 0.0991. The van der Waals surface area contributed by atoms with Crippen LogP contribution in [-0.4, -0.2) is 24.9 Å². The van der Waals surface area contributed by atoms with Crippen LogP contribution in [0, 0.1) is 0 Å². The monoisotopic (exact) mass is 368 g/mol. The molecule has 27 heavy (non-hydrogen) atoms. The predicted octanol–water partition coefficient (Wildman–Crippen LogP) is 0.869. The number of aromatic amines is 1. The summed E-state index contributed by atoms with van der Waals surface area (Å²) in [6.07, 6.45) is -0.238. The van der Waals surface area contributed by atoms with Crippen molar-refractivity contribution in [1.29, 1.82) is 0 Å². The third-order valence-corrected chi connectivity index (χ3v) is 4.61. The normalized spacial score (nSPS) is 11.3. The van der Waals surface area contributed by atoms with Crippen molar-refractivity contribution in [2.24, 2.45) is 14.1 Å². The smallest absolute Gasteiger partial charge is 0.305 e. The van der Waals surface area contributed by atoms with Gasteiger partial charge in [0, 0.05) is 19.7 Å². The lowest BCUT2D eigenvalue weighted by Crippen LogP contribution is -2.39. The lowest BCUT2D eigenvalue weighted by Gasteiger charge is -2.08. The van der Waals surface area contributed by atoms with Gasteiger partial charge < -0.3 is 4.98 Å². The Labute approximate surface area is 154 Å². The molecule has 0 saturated carbocycles. The van der Waals surface area contributed by atoms with Crippen molar-refractivity contribution < 1.29 is 4.79 Å². The second-order valence-electron chi connectivity index (χ2n) is 6.79. The summed E-state index contributed by atoms with van der Waals surface area (Å²) in [4.78, 5) is 55.7. The van der Waals surface area contributed by atoms with Crippen LogP contribution in [-0.2, 0) is 20.5 Å². The van der Waals surface area contributed by atoms with Crippen molar-refractivity contribution in [1.82, 2.24) is 19.1 Å². The van der Waals surface area contributed by atoms with Crippen LogP contribution >= 0.6 is 0 Å². The Hall–Kier alpha value is -3.29. The van der Waals surface area contributed by atoms with E-state index < -0.39 is 16.8 Å². The quantitative estimate of drug-likeness (QED) is 0.688. The summed E-state index contributed by atoms with van der Waals surface area (Å²) in [6, 6.07) is 7.19. The van der Waals surface area contributed by atoms with Gasteiger partial charge in [-0.2, -0.15) is 0 Å². The Morgan fingerprint density at radius 1 is 1.07 bits per heavy atom. The van der Waals surface area contributed by atoms with E-state index in [0.29, 0.717) is 11.5 Å². The van der Waals surface area contributed by atoms with Gasteiger partial charge in [-0.05, 0) is 11.5 Å². The number of benzene rings is 1. The Morgan fingerprint density at radius 2 is 1.70 bits per heavy atom. The number of hydrogen-bond donors (Lipinski definition) is 1. The molecule has 0 unspecified atom stereocenters. The zero-order chi connectivity index (χ0) is 19.9. The minimum Gasteiger partial charge on any atom is -0.305 e. The fourth-order valence-electron chi connectivity index (χ4n) is 2.86. The van der Waals surface area contributed by atoms with E-state index in [1.165, 1.54) is 14.1 Å². The number of rotatable bonds is 4. The van der Waals surface area contributed by atoms with Crippen LogP contribution in [0.1, 0.15) is 41.4 Å². The van der Waals surface area contributed by atoms with Crippen LogP contribution in [0.4, 0.5) is 0 Å². The van der Waals surface area contributed by atoms with Crippen LogP contribution in [0.25, 0.3) is 11.2 Å². The number of Topliss-reactive ketones (excluding diaryl/α,β-unsaturated/α-hetero) is 1. The van der Waals surface area contributed by atoms with Gasteiger partial charge in [0.15, 0.2) is 11.3 Å². The average molecular weight is 368 g/mol. The molecular formula is C19H20N4O4. The largest absolute Gasteiger partial charge is 0.332 e. The molecule has 0 spiro atoms. The number of aryl methyl sites for hydroxylation is 1. The molecule has 8 heteroatoms. The third kappa shape index (κ3) is 3.25. The Balaban J connectivity index is 2.03. The number of ketones is 1. The second kappa shape index (κ2) is 6.79. The molecule has 0 aliphatic heterocycles. The van der Waals surface area contributed by atoms with Gasteiger partial charge in [0.25, 0.3) is 11.1 Å². The molecule has 1 aromatic carbocycles. The van der Waals surface area contributed by atoms with Gasteiger partial charge in [0.1, 0.15) is 11.3 Å². The van der Waals surface area contributed by atoms with E-state index in [0.717, 1.165) is 14.7 Å². The molecule has 2 heterocycles. The average Bonchev–Trinajstić information content (AvgIpc) is 2.65. The molecule has 0 amide bonds. The lowest BCUT2D eigenvalue weighted by atomic mass is 9.99. The summed E-state index contributed by atoms with van der Waals surface area (Å²) in [5.41, 5.74) is -0.304. The van der Waals surface area contributed by atoms with E-state index in [1.807, 2.05) is 12.1 Å². The molecule has 2 aromatic heterocycles. The summed E-state index contributed by atoms with van der Waals surface area (Å²) in [6.45, 7) is 4.12. The zero-order valence-electron chi connectivity index (χ0n) is 15.6. The number of carbonyl (C=O) groups excluding carboxylic acids is 1. The highest BCUT2D eigenvalue weighted by Gasteiger charge is 2.16. The predicted molar refractivity (Wildman–Crippen MR) is 101 cm³/mol. The summed E-state index contributed by atoms with van der Waals surface area (Å²) in [5.74, 6) is 0.0753. The number of fused-ring (bicyclic) bond motifs is 1. The first-order valence-electron chi connectivity index (χ1n) is 8.52. The molecule has 140 valence electrons. The first kappa shape index (κ1) is 18.5. The number of nitrogens with zero attached hydrogens (tertiary/aromatic N) is 3. The Kier molecular flexibility index (Phi) is 4.65. The second-order valence-corrected chi connectivity index (χ2v) is 6.79. The van der Waals surface area contributed by atoms with Gasteiger partial charge >= 0.3 is 5.69 Å². The molecule has 3 aromatic rings. The zero-order valence-corrected chi connectivity index (χ0v) is 15.6. The highest BCUT2D eigenvalue weighted by Crippen LogP contribution is 2.15. The van der Waals surface area contributed by atoms with Crippen LogP contribution in [0.15, 0.2) is 38.6 Å². The van der Waals surface area contributed by atoms with Crippen molar-refractivity contribution in [3.8, 4) is 0 Å². The number of hydrogen-bond acceptors (Lipinski definition) is 5. The van der Waals surface area contributed by atoms with Crippen molar-refractivity contribution in [2.45, 2.75) is 26.2 Å². The van der Waals surface area contributed by atoms with E-state index >= 15 is 0 Å². The van der Waals surface area contributed by atoms with Crippen molar-refractivity contribution in [3.63, 3.8) is 0 Å². The van der Waals surface area contributed by atoms with Gasteiger partial charge in [-0.15, -0.1) is 0 Å². The maximum Gasteiger partial charge on any atom is 0.332 e. The Morgan fingerprint density at radius 3 is 2.30 bits per heavy atom. The Bertz CT molecular complexity index is 1210. The molecule has 8 nitrogen and oxygen atoms in total. The van der Waals surface area contributed by atoms with E-state index in [2.05, 4.69) is 23.8 Å². The molecule has 0 bridgehead atoms. The fourth-order valence-corrected chi connectivity index (χ4v) is 2.86. The maximum absolute atomic E-state index is 12.5. The molecule has 0 radical (unpaired) electrons. The summed E-state index contributed by atoms with van der Waals surface area (Å²) in [5, 5.41) is 0. The maximum atomic E-state index is 12.5. The molecule has 0 fully saturated rings. The van der Waals surface area contributed by atoms with E-state index in [4.69, 9.17) is 0 Å². The van der Waals surface area contributed by atoms with Crippen LogP contribution in [0.2, 0.25) is 0 Å². The number of aromatic nitrogens is 4. The van der Waals surface area contributed by atoms with Gasteiger partial charge in [-0.25, -0.2) is 9.78 Å². The number of nitrogens with one attached hydrogen (secondary N) is 1. The minimum absolute atomic E-state index is 0.0329. The van der Waals surface area contributed by atoms with Crippen molar-refractivity contribution in [2.75, 3.05) is 0 Å². The topological polar surface area (TPSA) is 107 Å². The summed E-state index contributed by atoms with van der Waals surface area (Å²) in [7, 11) is 2.76. The van der Waals surface area contributed by atoms with Gasteiger partial charge in [-0.3, -0.25) is 23.5 Å². The van der Waals surface area contributed by atoms with E-state index in [9.17, 15) is 19.2 Å². The highest BCUT2D eigenvalue weighted by molar-refractivity contribution is 5.97. The molecular weight excluding hydrogens is 348 g/mol. The number of H-pyrrole nitrogens is 1. The SMILES string of the molecule is CC(C)c1ccc(C(=O)Cc2nc3c(=O)n(C)c(=O)n(C)c3[nH]c2=O)cc1. The first-order valence-corrected chi connectivity index (χ1v) is 8.52. The van der Waals surface area contributed by atoms with Crippen LogP contribution in [0.3, 0.4) is 0 Å². The molecule has 0 aliphatic rings. The van der Waals surface area contributed by atoms with Crippen LogP contribution in [0.5, 0.6) is 0 Å². The molecule has 0 saturated heterocycles. The summed E-state index contributed by atoms with van der Waals surface area (Å²) < 4.78 is 2.05. The molecule has 0 aliphatic carbocycles. The van der Waals surface area contributed by atoms with Crippen molar-refractivity contribution >= 4 is 16.9 Å². The molecule has 3 rings (SSSR count). The standard InChI is InChI=1S/C19H20N4O4/c1-10(2)11-5-7-12(8-6-11)14(24)9-13-17(25)21-16-15(20-13)18(26)23(4)19(27)22(16)3/h5-8,10H,9H2,1-4H3,(H,21,25). The fraction of sp³-hybridized carbons (Fsp3) is 0.316. The first-order chi connectivity index (χ1) is 12.7. The summed E-state index contributed by atoms with van der Waals surface area (Å²) >= 11 is 0. The van der Waals surface area contributed by atoms with Crippen LogP contribution < -0.4 is 16.8 Å². The van der Waals surface area contributed by atoms with E-state index in [1.54, 1.807) is 12.1 Å². The number of carbonyl (C=O) groups is 1. The van der Waals surface area contributed by atoms with Gasteiger partial charge in [-0.1, -0.05) is 38.1 Å². The van der Waals surface area contributed by atoms with Gasteiger partial charge in [0.2, 0.25) is 0 Å². The highest BCUT2D eigenvalue weighted by atomic mass is 16.2. The minimum atomic E-state index is -0.626. The third-order valence-electron chi connectivity index (χ3n) is 4.61. The van der Waals surface area contributed by atoms with Gasteiger partial charge in [0.05, 0.1) is 6.42 Å². The van der Waals surface area contributed by atoms with E-state index in [-0.39, 0.29) is 29.1 Å².